The van der Waals surface area contributed by atoms with E-state index < -0.39 is 11.6 Å². The maximum Gasteiger partial charge on any atom is 0.151 e. The third-order valence-electron chi connectivity index (χ3n) is 3.37. The highest BCUT2D eigenvalue weighted by molar-refractivity contribution is 5.38. The van der Waals surface area contributed by atoms with Crippen LogP contribution in [0.25, 0.3) is 5.69 Å². The van der Waals surface area contributed by atoms with E-state index in [0.717, 1.165) is 36.6 Å². The van der Waals surface area contributed by atoms with Gasteiger partial charge in [0.1, 0.15) is 11.5 Å². The van der Waals surface area contributed by atoms with Crippen LogP contribution in [0, 0.1) is 11.6 Å². The molecule has 3 rings (SSSR count). The summed E-state index contributed by atoms with van der Waals surface area (Å²) in [4.78, 5) is 0. The van der Waals surface area contributed by atoms with Crippen molar-refractivity contribution >= 4 is 0 Å². The van der Waals surface area contributed by atoms with Gasteiger partial charge in [0.2, 0.25) is 0 Å². The van der Waals surface area contributed by atoms with Crippen molar-refractivity contribution in [2.75, 3.05) is 0 Å². The largest absolute Gasteiger partial charge is 0.324 e. The molecule has 0 fully saturated rings. The molecule has 0 bridgehead atoms. The maximum absolute atomic E-state index is 13.7. The van der Waals surface area contributed by atoms with Crippen LogP contribution in [0.2, 0.25) is 0 Å². The molecule has 0 saturated heterocycles. The Kier molecular flexibility index (Phi) is 2.63. The van der Waals surface area contributed by atoms with Gasteiger partial charge in [0.15, 0.2) is 5.82 Å². The van der Waals surface area contributed by atoms with Gasteiger partial charge in [0.25, 0.3) is 0 Å². The maximum atomic E-state index is 13.7. The Labute approximate surface area is 103 Å². The molecule has 1 atom stereocenters. The van der Waals surface area contributed by atoms with Crippen LogP contribution in [0.5, 0.6) is 0 Å². The molecule has 0 unspecified atom stereocenters. The molecule has 1 aliphatic rings. The first-order chi connectivity index (χ1) is 8.66. The molecule has 0 aliphatic heterocycles. The van der Waals surface area contributed by atoms with Gasteiger partial charge in [0, 0.05) is 23.4 Å². The monoisotopic (exact) mass is 249 g/mol. The van der Waals surface area contributed by atoms with Gasteiger partial charge in [-0.25, -0.2) is 13.5 Å². The van der Waals surface area contributed by atoms with Crippen molar-refractivity contribution in [1.29, 1.82) is 0 Å². The summed E-state index contributed by atoms with van der Waals surface area (Å²) in [6.45, 7) is 0. The number of benzene rings is 1. The number of fused-ring (bicyclic) bond motifs is 1. The molecule has 94 valence electrons. The first kappa shape index (κ1) is 11.3. The highest BCUT2D eigenvalue weighted by atomic mass is 19.1. The fourth-order valence-electron chi connectivity index (χ4n) is 2.45. The molecule has 1 aliphatic carbocycles. The Hall–Kier alpha value is -1.75. The van der Waals surface area contributed by atoms with E-state index >= 15 is 0 Å². The molecule has 0 spiro atoms. The summed E-state index contributed by atoms with van der Waals surface area (Å²) < 4.78 is 28.2. The first-order valence-electron chi connectivity index (χ1n) is 5.94. The predicted octanol–water partition coefficient (Wildman–Crippen LogP) is 2.49. The molecule has 3 nitrogen and oxygen atoms in total. The van der Waals surface area contributed by atoms with E-state index in [1.165, 1.54) is 16.8 Å². The molecule has 1 heterocycles. The molecule has 18 heavy (non-hydrogen) atoms. The quantitative estimate of drug-likeness (QED) is 0.843. The third kappa shape index (κ3) is 1.71. The molecular weight excluding hydrogens is 236 g/mol. The summed E-state index contributed by atoms with van der Waals surface area (Å²) in [5.41, 5.74) is 8.16. The summed E-state index contributed by atoms with van der Waals surface area (Å²) in [5, 5.41) is 4.18. The van der Waals surface area contributed by atoms with Crippen molar-refractivity contribution < 1.29 is 8.78 Å². The van der Waals surface area contributed by atoms with E-state index in [9.17, 15) is 8.78 Å². The Morgan fingerprint density at radius 1 is 1.33 bits per heavy atom. The second-order valence-electron chi connectivity index (χ2n) is 4.55. The first-order valence-corrected chi connectivity index (χ1v) is 5.94. The van der Waals surface area contributed by atoms with Crippen molar-refractivity contribution in [2.24, 2.45) is 5.73 Å². The molecule has 0 amide bonds. The molecule has 0 saturated carbocycles. The lowest BCUT2D eigenvalue weighted by atomic mass is 9.94. The van der Waals surface area contributed by atoms with E-state index in [0.29, 0.717) is 0 Å². The number of halogens is 2. The summed E-state index contributed by atoms with van der Waals surface area (Å²) in [7, 11) is 0. The van der Waals surface area contributed by atoms with Gasteiger partial charge in [-0.2, -0.15) is 5.10 Å². The van der Waals surface area contributed by atoms with Gasteiger partial charge in [0.05, 0.1) is 6.20 Å². The Morgan fingerprint density at radius 2 is 2.17 bits per heavy atom. The lowest BCUT2D eigenvalue weighted by molar-refractivity contribution is 0.546. The van der Waals surface area contributed by atoms with Crippen LogP contribution >= 0.6 is 0 Å². The third-order valence-corrected chi connectivity index (χ3v) is 3.37. The predicted molar refractivity (Wildman–Crippen MR) is 63.3 cm³/mol. The van der Waals surface area contributed by atoms with Crippen LogP contribution in [0.1, 0.15) is 30.1 Å². The van der Waals surface area contributed by atoms with Gasteiger partial charge in [-0.1, -0.05) is 0 Å². The minimum atomic E-state index is -0.611. The number of aromatic nitrogens is 2. The van der Waals surface area contributed by atoms with Gasteiger partial charge < -0.3 is 5.73 Å². The van der Waals surface area contributed by atoms with E-state index in [2.05, 4.69) is 5.10 Å². The highest BCUT2D eigenvalue weighted by Gasteiger charge is 2.22. The van der Waals surface area contributed by atoms with E-state index in [1.807, 2.05) is 0 Å². The minimum Gasteiger partial charge on any atom is -0.324 e. The second-order valence-corrected chi connectivity index (χ2v) is 4.55. The smallest absolute Gasteiger partial charge is 0.151 e. The lowest BCUT2D eigenvalue weighted by Gasteiger charge is -2.19. The Morgan fingerprint density at radius 3 is 2.94 bits per heavy atom. The number of nitrogens with zero attached hydrogens (tertiary/aromatic N) is 2. The van der Waals surface area contributed by atoms with E-state index in [1.54, 1.807) is 6.20 Å². The summed E-state index contributed by atoms with van der Waals surface area (Å²) in [6, 6.07) is 3.46. The molecule has 0 radical (unpaired) electrons. The Bertz CT molecular complexity index is 592. The molecular formula is C13H13F2N3. The molecule has 1 aromatic carbocycles. The second kappa shape index (κ2) is 4.17. The van der Waals surface area contributed by atoms with Gasteiger partial charge in [-0.15, -0.1) is 0 Å². The van der Waals surface area contributed by atoms with Crippen LogP contribution in [0.3, 0.4) is 0 Å². The van der Waals surface area contributed by atoms with E-state index in [-0.39, 0.29) is 11.7 Å². The van der Waals surface area contributed by atoms with Gasteiger partial charge in [-0.3, -0.25) is 0 Å². The van der Waals surface area contributed by atoms with Crippen molar-refractivity contribution in [2.45, 2.75) is 25.3 Å². The van der Waals surface area contributed by atoms with Crippen LogP contribution in [0.4, 0.5) is 8.78 Å². The molecule has 2 aromatic rings. The van der Waals surface area contributed by atoms with Crippen LogP contribution in [-0.4, -0.2) is 9.78 Å². The fourth-order valence-corrected chi connectivity index (χ4v) is 2.45. The molecule has 1 aromatic heterocycles. The Balaban J connectivity index is 2.12. The highest BCUT2D eigenvalue weighted by Crippen LogP contribution is 2.29. The SMILES string of the molecule is N[C@@H]1CCCc2c1cnn2-c1ccc(F)cc1F. The van der Waals surface area contributed by atoms with Crippen LogP contribution in [0.15, 0.2) is 24.4 Å². The number of nitrogens with two attached hydrogens (primary N) is 1. The van der Waals surface area contributed by atoms with Gasteiger partial charge >= 0.3 is 0 Å². The lowest BCUT2D eigenvalue weighted by Crippen LogP contribution is -2.18. The average Bonchev–Trinajstić information content (AvgIpc) is 2.74. The molecule has 5 heteroatoms. The number of hydrogen-bond donors (Lipinski definition) is 1. The summed E-state index contributed by atoms with van der Waals surface area (Å²) in [5.74, 6) is -1.20. The average molecular weight is 249 g/mol. The zero-order valence-corrected chi connectivity index (χ0v) is 9.74. The van der Waals surface area contributed by atoms with Crippen LogP contribution in [-0.2, 0) is 6.42 Å². The van der Waals surface area contributed by atoms with E-state index in [4.69, 9.17) is 5.73 Å². The number of rotatable bonds is 1. The standard InChI is InChI=1S/C13H13F2N3/c14-8-4-5-13(10(15)6-8)18-12-3-1-2-11(16)9(12)7-17-18/h4-7,11H,1-3,16H2/t11-/m1/s1. The van der Waals surface area contributed by atoms with Gasteiger partial charge in [-0.05, 0) is 31.4 Å². The fraction of sp³-hybridized carbons (Fsp3) is 0.308. The van der Waals surface area contributed by atoms with Crippen molar-refractivity contribution in [3.63, 3.8) is 0 Å². The summed E-state index contributed by atoms with van der Waals surface area (Å²) in [6.07, 6.45) is 4.38. The molecule has 2 N–H and O–H groups in total. The zero-order chi connectivity index (χ0) is 12.7. The minimum absolute atomic E-state index is 0.0361. The van der Waals surface area contributed by atoms with Crippen molar-refractivity contribution in [3.8, 4) is 5.69 Å². The topological polar surface area (TPSA) is 43.8 Å². The van der Waals surface area contributed by atoms with Crippen molar-refractivity contribution in [3.05, 3.63) is 47.3 Å². The van der Waals surface area contributed by atoms with Crippen molar-refractivity contribution in [1.82, 2.24) is 9.78 Å². The number of hydrogen-bond acceptors (Lipinski definition) is 2. The van der Waals surface area contributed by atoms with Crippen LogP contribution < -0.4 is 5.73 Å². The normalized spacial score (nSPS) is 18.7. The summed E-state index contributed by atoms with van der Waals surface area (Å²) >= 11 is 0. The zero-order valence-electron chi connectivity index (χ0n) is 9.74.